The highest BCUT2D eigenvalue weighted by atomic mass is 16.5. The molecule has 27 heavy (non-hydrogen) atoms. The number of aromatic nitrogens is 1. The molecule has 3 N–H and O–H groups in total. The largest absolute Gasteiger partial charge is 0.493 e. The van der Waals surface area contributed by atoms with E-state index in [1.54, 1.807) is 26.4 Å². The molecular formula is C20H25N3O4. The first-order valence-corrected chi connectivity index (χ1v) is 9.00. The highest BCUT2D eigenvalue weighted by Crippen LogP contribution is 2.38. The van der Waals surface area contributed by atoms with Crippen LogP contribution in [0.5, 0.6) is 17.2 Å². The number of benzene rings is 1. The van der Waals surface area contributed by atoms with Gasteiger partial charge in [-0.2, -0.15) is 0 Å². The van der Waals surface area contributed by atoms with E-state index in [-0.39, 0.29) is 18.1 Å². The fraction of sp³-hybridized carbons (Fsp3) is 0.400. The van der Waals surface area contributed by atoms with Gasteiger partial charge in [-0.3, -0.25) is 4.79 Å². The van der Waals surface area contributed by atoms with Crippen molar-refractivity contribution in [1.29, 1.82) is 0 Å². The molecule has 0 atom stereocenters. The number of anilines is 1. The van der Waals surface area contributed by atoms with Crippen molar-refractivity contribution in [3.05, 3.63) is 42.1 Å². The van der Waals surface area contributed by atoms with Gasteiger partial charge in [0.15, 0.2) is 11.5 Å². The summed E-state index contributed by atoms with van der Waals surface area (Å²) in [6.07, 6.45) is 4.98. The Hall–Kier alpha value is -2.96. The van der Waals surface area contributed by atoms with Gasteiger partial charge in [0.05, 0.1) is 25.9 Å². The lowest BCUT2D eigenvalue weighted by atomic mass is 9.92. The summed E-state index contributed by atoms with van der Waals surface area (Å²) in [6.45, 7) is 0. The number of rotatable bonds is 6. The van der Waals surface area contributed by atoms with Crippen LogP contribution in [0.25, 0.3) is 0 Å². The standard InChI is InChI=1S/C20H25N3O4/c1-25-16-4-3-5-17(19(16)26-2)27-15-9-7-14(8-10-15)23-20(24)13-6-11-18(21)22-12-13/h3-6,11-12,14-15H,7-10H2,1-2H3,(H2,21,22)(H,23,24). The van der Waals surface area contributed by atoms with Crippen LogP contribution in [0.4, 0.5) is 5.82 Å². The highest BCUT2D eigenvalue weighted by Gasteiger charge is 2.25. The minimum atomic E-state index is -0.124. The van der Waals surface area contributed by atoms with Gasteiger partial charge in [0.25, 0.3) is 5.91 Å². The molecule has 3 rings (SSSR count). The second-order valence-corrected chi connectivity index (χ2v) is 6.53. The molecule has 1 aliphatic carbocycles. The van der Waals surface area contributed by atoms with Gasteiger partial charge in [-0.05, 0) is 49.9 Å². The summed E-state index contributed by atoms with van der Waals surface area (Å²) in [5, 5.41) is 3.06. The van der Waals surface area contributed by atoms with Crippen LogP contribution in [0, 0.1) is 0 Å². The number of para-hydroxylation sites is 1. The van der Waals surface area contributed by atoms with Crippen LogP contribution >= 0.6 is 0 Å². The summed E-state index contributed by atoms with van der Waals surface area (Å²) < 4.78 is 16.9. The van der Waals surface area contributed by atoms with E-state index in [0.29, 0.717) is 28.6 Å². The number of methoxy groups -OCH3 is 2. The average molecular weight is 371 g/mol. The normalized spacial score (nSPS) is 19.2. The van der Waals surface area contributed by atoms with Crippen molar-refractivity contribution in [2.24, 2.45) is 0 Å². The second kappa shape index (κ2) is 8.62. The van der Waals surface area contributed by atoms with Gasteiger partial charge in [-0.1, -0.05) is 6.07 Å². The summed E-state index contributed by atoms with van der Waals surface area (Å²) in [7, 11) is 3.20. The van der Waals surface area contributed by atoms with Crippen LogP contribution in [-0.4, -0.2) is 37.3 Å². The van der Waals surface area contributed by atoms with Gasteiger partial charge in [0, 0.05) is 12.2 Å². The number of hydrogen-bond donors (Lipinski definition) is 2. The van der Waals surface area contributed by atoms with Crippen LogP contribution < -0.4 is 25.3 Å². The SMILES string of the molecule is COc1cccc(OC2CCC(NC(=O)c3ccc(N)nc3)CC2)c1OC. The summed E-state index contributed by atoms with van der Waals surface area (Å²) in [4.78, 5) is 16.3. The zero-order chi connectivity index (χ0) is 19.2. The second-order valence-electron chi connectivity index (χ2n) is 6.53. The third-order valence-corrected chi connectivity index (χ3v) is 4.72. The number of nitrogens with one attached hydrogen (secondary N) is 1. The molecule has 2 aromatic rings. The van der Waals surface area contributed by atoms with Crippen molar-refractivity contribution >= 4 is 11.7 Å². The molecule has 0 aliphatic heterocycles. The van der Waals surface area contributed by atoms with Crippen molar-refractivity contribution in [2.75, 3.05) is 20.0 Å². The third-order valence-electron chi connectivity index (χ3n) is 4.72. The number of carbonyl (C=O) groups excluding carboxylic acids is 1. The highest BCUT2D eigenvalue weighted by molar-refractivity contribution is 5.94. The molecule has 0 radical (unpaired) electrons. The van der Waals surface area contributed by atoms with Crippen molar-refractivity contribution in [3.63, 3.8) is 0 Å². The van der Waals surface area contributed by atoms with E-state index in [9.17, 15) is 4.79 Å². The number of nitrogens with two attached hydrogens (primary N) is 1. The van der Waals surface area contributed by atoms with E-state index in [2.05, 4.69) is 10.3 Å². The van der Waals surface area contributed by atoms with E-state index in [1.165, 1.54) is 6.20 Å². The van der Waals surface area contributed by atoms with Gasteiger partial charge in [0.2, 0.25) is 5.75 Å². The first kappa shape index (κ1) is 18.8. The topological polar surface area (TPSA) is 95.7 Å². The quantitative estimate of drug-likeness (QED) is 0.811. The third kappa shape index (κ3) is 4.61. The number of amides is 1. The molecule has 7 nitrogen and oxygen atoms in total. The number of nitrogens with zero attached hydrogens (tertiary/aromatic N) is 1. The molecule has 1 aromatic heterocycles. The maximum atomic E-state index is 12.3. The van der Waals surface area contributed by atoms with Crippen LogP contribution in [-0.2, 0) is 0 Å². The first-order valence-electron chi connectivity index (χ1n) is 9.00. The predicted octanol–water partition coefficient (Wildman–Crippen LogP) is 2.80. The molecule has 1 fully saturated rings. The molecule has 1 amide bonds. The van der Waals surface area contributed by atoms with Crippen LogP contribution in [0.15, 0.2) is 36.5 Å². The molecule has 1 aliphatic rings. The molecule has 0 saturated heterocycles. The van der Waals surface area contributed by atoms with Crippen LogP contribution in [0.3, 0.4) is 0 Å². The molecule has 7 heteroatoms. The lowest BCUT2D eigenvalue weighted by Gasteiger charge is -2.30. The van der Waals surface area contributed by atoms with Crippen molar-refractivity contribution < 1.29 is 19.0 Å². The Kier molecular flexibility index (Phi) is 6.01. The monoisotopic (exact) mass is 371 g/mol. The summed E-state index contributed by atoms with van der Waals surface area (Å²) >= 11 is 0. The number of nitrogen functional groups attached to an aromatic ring is 1. The molecule has 0 spiro atoms. The van der Waals surface area contributed by atoms with Gasteiger partial charge < -0.3 is 25.3 Å². The van der Waals surface area contributed by atoms with Gasteiger partial charge in [-0.25, -0.2) is 4.98 Å². The predicted molar refractivity (Wildman–Crippen MR) is 102 cm³/mol. The minimum absolute atomic E-state index is 0.0809. The van der Waals surface area contributed by atoms with E-state index in [0.717, 1.165) is 25.7 Å². The Morgan fingerprint density at radius 1 is 1.07 bits per heavy atom. The molecule has 1 heterocycles. The number of ether oxygens (including phenoxy) is 3. The molecule has 0 bridgehead atoms. The van der Waals surface area contributed by atoms with Crippen LogP contribution in [0.1, 0.15) is 36.0 Å². The number of pyridine rings is 1. The van der Waals surface area contributed by atoms with Gasteiger partial charge in [0.1, 0.15) is 5.82 Å². The lowest BCUT2D eigenvalue weighted by molar-refractivity contribution is 0.0891. The maximum Gasteiger partial charge on any atom is 0.253 e. The minimum Gasteiger partial charge on any atom is -0.493 e. The van der Waals surface area contributed by atoms with Crippen LogP contribution in [0.2, 0.25) is 0 Å². The van der Waals surface area contributed by atoms with E-state index >= 15 is 0 Å². The Labute approximate surface area is 158 Å². The Bertz CT molecular complexity index is 771. The van der Waals surface area contributed by atoms with E-state index in [1.807, 2.05) is 18.2 Å². The smallest absolute Gasteiger partial charge is 0.253 e. The summed E-state index contributed by atoms with van der Waals surface area (Å²) in [5.41, 5.74) is 6.07. The Balaban J connectivity index is 1.53. The molecule has 0 unspecified atom stereocenters. The summed E-state index contributed by atoms with van der Waals surface area (Å²) in [5.74, 6) is 2.20. The van der Waals surface area contributed by atoms with E-state index in [4.69, 9.17) is 19.9 Å². The lowest BCUT2D eigenvalue weighted by Crippen LogP contribution is -2.39. The molecule has 1 aromatic carbocycles. The zero-order valence-electron chi connectivity index (χ0n) is 15.6. The fourth-order valence-corrected chi connectivity index (χ4v) is 3.26. The summed E-state index contributed by atoms with van der Waals surface area (Å²) in [6, 6.07) is 9.03. The van der Waals surface area contributed by atoms with Gasteiger partial charge >= 0.3 is 0 Å². The average Bonchev–Trinajstić information content (AvgIpc) is 2.69. The van der Waals surface area contributed by atoms with Crippen molar-refractivity contribution in [3.8, 4) is 17.2 Å². The van der Waals surface area contributed by atoms with Gasteiger partial charge in [-0.15, -0.1) is 0 Å². The molecule has 1 saturated carbocycles. The zero-order valence-corrected chi connectivity index (χ0v) is 15.6. The van der Waals surface area contributed by atoms with Crippen molar-refractivity contribution in [2.45, 2.75) is 37.8 Å². The Morgan fingerprint density at radius 3 is 2.44 bits per heavy atom. The molecular weight excluding hydrogens is 346 g/mol. The number of hydrogen-bond acceptors (Lipinski definition) is 6. The van der Waals surface area contributed by atoms with E-state index < -0.39 is 0 Å². The maximum absolute atomic E-state index is 12.3. The fourth-order valence-electron chi connectivity index (χ4n) is 3.26. The first-order chi connectivity index (χ1) is 13.1. The van der Waals surface area contributed by atoms with Crippen molar-refractivity contribution in [1.82, 2.24) is 10.3 Å². The molecule has 144 valence electrons. The Morgan fingerprint density at radius 2 is 1.81 bits per heavy atom. The number of carbonyl (C=O) groups is 1.